The van der Waals surface area contributed by atoms with Gasteiger partial charge in [-0.3, -0.25) is 0 Å². The van der Waals surface area contributed by atoms with E-state index < -0.39 is 0 Å². The fourth-order valence-electron chi connectivity index (χ4n) is 2.56. The average Bonchev–Trinajstić information content (AvgIpc) is 3.23. The number of anilines is 1. The Bertz CT molecular complexity index is 980. The Morgan fingerprint density at radius 1 is 1.12 bits per heavy atom. The summed E-state index contributed by atoms with van der Waals surface area (Å²) in [5.41, 5.74) is 2.76. The van der Waals surface area contributed by atoms with Gasteiger partial charge in [-0.2, -0.15) is 15.9 Å². The highest BCUT2D eigenvalue weighted by molar-refractivity contribution is 7.08. The molecule has 0 radical (unpaired) electrons. The lowest BCUT2D eigenvalue weighted by molar-refractivity contribution is 0.847. The highest BCUT2D eigenvalue weighted by Crippen LogP contribution is 2.26. The van der Waals surface area contributed by atoms with E-state index in [1.807, 2.05) is 53.2 Å². The molecular formula is C17H14ClN5S. The van der Waals surface area contributed by atoms with Crippen molar-refractivity contribution in [2.45, 2.75) is 13.0 Å². The van der Waals surface area contributed by atoms with Crippen LogP contribution in [0.5, 0.6) is 0 Å². The number of rotatable bonds is 4. The molecule has 0 fully saturated rings. The molecule has 4 aromatic rings. The lowest BCUT2D eigenvalue weighted by atomic mass is 10.1. The Morgan fingerprint density at radius 2 is 2.00 bits per heavy atom. The molecule has 4 rings (SSSR count). The van der Waals surface area contributed by atoms with Crippen LogP contribution in [-0.2, 0) is 0 Å². The fourth-order valence-corrected chi connectivity index (χ4v) is 3.50. The first-order valence-corrected chi connectivity index (χ1v) is 8.80. The summed E-state index contributed by atoms with van der Waals surface area (Å²) in [6.07, 6.45) is 0. The molecule has 1 N–H and O–H groups in total. The van der Waals surface area contributed by atoms with Crippen LogP contribution in [0.1, 0.15) is 18.5 Å². The van der Waals surface area contributed by atoms with Crippen molar-refractivity contribution in [2.75, 3.05) is 5.32 Å². The maximum Gasteiger partial charge on any atom is 0.186 e. The molecule has 0 saturated heterocycles. The zero-order chi connectivity index (χ0) is 16.5. The Balaban J connectivity index is 1.68. The number of nitrogens with one attached hydrogen (secondary N) is 1. The molecule has 1 aromatic carbocycles. The van der Waals surface area contributed by atoms with Gasteiger partial charge < -0.3 is 5.32 Å². The zero-order valence-corrected chi connectivity index (χ0v) is 14.4. The maximum atomic E-state index is 6.27. The normalized spacial score (nSPS) is 12.4. The summed E-state index contributed by atoms with van der Waals surface area (Å²) < 4.78 is 1.75. The Morgan fingerprint density at radius 3 is 2.79 bits per heavy atom. The smallest absolute Gasteiger partial charge is 0.186 e. The summed E-state index contributed by atoms with van der Waals surface area (Å²) in [4.78, 5) is 0. The number of halogens is 1. The van der Waals surface area contributed by atoms with Gasteiger partial charge in [0.25, 0.3) is 0 Å². The third-order valence-electron chi connectivity index (χ3n) is 3.78. The quantitative estimate of drug-likeness (QED) is 0.577. The summed E-state index contributed by atoms with van der Waals surface area (Å²) in [7, 11) is 0. The van der Waals surface area contributed by atoms with Crippen molar-refractivity contribution in [1.29, 1.82) is 0 Å². The van der Waals surface area contributed by atoms with Crippen molar-refractivity contribution in [3.8, 4) is 11.4 Å². The Kier molecular flexibility index (Phi) is 3.92. The molecule has 0 amide bonds. The zero-order valence-electron chi connectivity index (χ0n) is 12.8. The number of nitrogens with zero attached hydrogens (tertiary/aromatic N) is 4. The average molecular weight is 356 g/mol. The van der Waals surface area contributed by atoms with E-state index in [0.717, 1.165) is 27.8 Å². The minimum Gasteiger partial charge on any atom is -0.362 e. The molecule has 1 unspecified atom stereocenters. The van der Waals surface area contributed by atoms with Crippen molar-refractivity contribution < 1.29 is 0 Å². The van der Waals surface area contributed by atoms with Crippen molar-refractivity contribution in [3.05, 3.63) is 63.8 Å². The summed E-state index contributed by atoms with van der Waals surface area (Å²) in [6.45, 7) is 2.05. The van der Waals surface area contributed by atoms with Crippen LogP contribution in [0.4, 0.5) is 5.82 Å². The van der Waals surface area contributed by atoms with E-state index in [-0.39, 0.29) is 6.04 Å². The van der Waals surface area contributed by atoms with Crippen molar-refractivity contribution >= 4 is 34.4 Å². The molecule has 5 nitrogen and oxygen atoms in total. The third kappa shape index (κ3) is 2.74. The van der Waals surface area contributed by atoms with E-state index in [1.54, 1.807) is 15.9 Å². The molecule has 0 bridgehead atoms. The van der Waals surface area contributed by atoms with E-state index in [0.29, 0.717) is 5.65 Å². The van der Waals surface area contributed by atoms with Gasteiger partial charge in [0.05, 0.1) is 6.04 Å². The monoisotopic (exact) mass is 355 g/mol. The standard InChI is InChI=1S/C17H14ClN5S/c1-11(13-4-2-3-5-14(13)18)19-15-6-7-16-20-21-17(23(16)22-15)12-8-9-24-10-12/h2-11H,1H3,(H,19,22). The molecule has 0 spiro atoms. The fraction of sp³-hybridized carbons (Fsp3) is 0.118. The van der Waals surface area contributed by atoms with Crippen LogP contribution in [0.25, 0.3) is 17.0 Å². The maximum absolute atomic E-state index is 6.27. The predicted molar refractivity (Wildman–Crippen MR) is 97.6 cm³/mol. The first-order valence-electron chi connectivity index (χ1n) is 7.48. The largest absolute Gasteiger partial charge is 0.362 e. The second-order valence-electron chi connectivity index (χ2n) is 5.41. The SMILES string of the molecule is CC(Nc1ccc2nnc(-c3ccsc3)n2n1)c1ccccc1Cl. The molecule has 3 aromatic heterocycles. The van der Waals surface area contributed by atoms with Crippen molar-refractivity contribution in [1.82, 2.24) is 19.8 Å². The third-order valence-corrected chi connectivity index (χ3v) is 4.81. The summed E-state index contributed by atoms with van der Waals surface area (Å²) in [5, 5.41) is 21.2. The van der Waals surface area contributed by atoms with Crippen LogP contribution in [0.2, 0.25) is 5.02 Å². The van der Waals surface area contributed by atoms with Crippen LogP contribution in [-0.4, -0.2) is 19.8 Å². The molecule has 120 valence electrons. The number of hydrogen-bond donors (Lipinski definition) is 1. The molecule has 7 heteroatoms. The van der Waals surface area contributed by atoms with E-state index in [4.69, 9.17) is 11.6 Å². The Hall–Kier alpha value is -2.44. The number of benzene rings is 1. The van der Waals surface area contributed by atoms with Crippen LogP contribution < -0.4 is 5.32 Å². The Labute approximate surface area is 147 Å². The molecular weight excluding hydrogens is 342 g/mol. The predicted octanol–water partition coefficient (Wildman–Crippen LogP) is 4.68. The molecule has 0 saturated carbocycles. The minimum absolute atomic E-state index is 0.0322. The first kappa shape index (κ1) is 15.1. The molecule has 0 aliphatic carbocycles. The molecule has 24 heavy (non-hydrogen) atoms. The van der Waals surface area contributed by atoms with E-state index in [1.165, 1.54) is 0 Å². The highest BCUT2D eigenvalue weighted by Gasteiger charge is 2.13. The molecule has 0 aliphatic heterocycles. The van der Waals surface area contributed by atoms with Gasteiger partial charge in [-0.15, -0.1) is 15.3 Å². The van der Waals surface area contributed by atoms with Gasteiger partial charge in [0.15, 0.2) is 11.5 Å². The van der Waals surface area contributed by atoms with Crippen LogP contribution >= 0.6 is 22.9 Å². The van der Waals surface area contributed by atoms with Crippen LogP contribution in [0, 0.1) is 0 Å². The van der Waals surface area contributed by atoms with E-state index >= 15 is 0 Å². The van der Waals surface area contributed by atoms with E-state index in [9.17, 15) is 0 Å². The topological polar surface area (TPSA) is 55.1 Å². The molecule has 0 aliphatic rings. The van der Waals surface area contributed by atoms with Crippen LogP contribution in [0.3, 0.4) is 0 Å². The lowest BCUT2D eigenvalue weighted by Gasteiger charge is -2.16. The minimum atomic E-state index is 0.0322. The van der Waals surface area contributed by atoms with Gasteiger partial charge in [0.2, 0.25) is 0 Å². The number of aromatic nitrogens is 4. The first-order chi connectivity index (χ1) is 11.7. The summed E-state index contributed by atoms with van der Waals surface area (Å²) in [5.74, 6) is 1.48. The van der Waals surface area contributed by atoms with Gasteiger partial charge >= 0.3 is 0 Å². The van der Waals surface area contributed by atoms with Crippen molar-refractivity contribution in [2.24, 2.45) is 0 Å². The number of thiophene rings is 1. The van der Waals surface area contributed by atoms with Crippen molar-refractivity contribution in [3.63, 3.8) is 0 Å². The highest BCUT2D eigenvalue weighted by atomic mass is 35.5. The number of fused-ring (bicyclic) bond motifs is 1. The van der Waals surface area contributed by atoms with Gasteiger partial charge in [-0.25, -0.2) is 0 Å². The van der Waals surface area contributed by atoms with Gasteiger partial charge in [0, 0.05) is 16.0 Å². The van der Waals surface area contributed by atoms with Crippen LogP contribution in [0.15, 0.2) is 53.2 Å². The molecule has 3 heterocycles. The second-order valence-corrected chi connectivity index (χ2v) is 6.60. The van der Waals surface area contributed by atoms with Gasteiger partial charge in [-0.05, 0) is 42.1 Å². The second kappa shape index (κ2) is 6.22. The van der Waals surface area contributed by atoms with E-state index in [2.05, 4.69) is 27.5 Å². The summed E-state index contributed by atoms with van der Waals surface area (Å²) in [6, 6.07) is 13.6. The summed E-state index contributed by atoms with van der Waals surface area (Å²) >= 11 is 7.89. The number of hydrogen-bond acceptors (Lipinski definition) is 5. The van der Waals surface area contributed by atoms with Gasteiger partial charge in [-0.1, -0.05) is 29.8 Å². The molecule has 1 atom stereocenters. The lowest BCUT2D eigenvalue weighted by Crippen LogP contribution is -2.10. The van der Waals surface area contributed by atoms with Gasteiger partial charge in [0.1, 0.15) is 5.82 Å².